The second-order valence-electron chi connectivity index (χ2n) is 10.7. The molecule has 15 heteroatoms. The van der Waals surface area contributed by atoms with E-state index in [2.05, 4.69) is 39.0 Å². The fraction of sp³-hybridized carbons (Fsp3) is 0.400. The van der Waals surface area contributed by atoms with E-state index in [4.69, 9.17) is 21.5 Å². The first kappa shape index (κ1) is 34.1. The molecule has 0 aliphatic carbocycles. The number of rotatable bonds is 7. The van der Waals surface area contributed by atoms with Crippen LogP contribution in [0.15, 0.2) is 54.6 Å². The Morgan fingerprint density at radius 2 is 1.64 bits per heavy atom. The van der Waals surface area contributed by atoms with Crippen LogP contribution in [0.4, 0.5) is 26.3 Å². The topological polar surface area (TPSA) is 87.0 Å². The van der Waals surface area contributed by atoms with Crippen molar-refractivity contribution < 1.29 is 45.8 Å². The van der Waals surface area contributed by atoms with Gasteiger partial charge in [-0.15, -0.1) is 24.8 Å². The summed E-state index contributed by atoms with van der Waals surface area (Å²) in [7, 11) is 2.13. The maximum atomic E-state index is 12.9. The van der Waals surface area contributed by atoms with E-state index in [1.165, 1.54) is 23.8 Å². The molecule has 1 atom stereocenters. The second kappa shape index (κ2) is 14.1. The number of amides is 1. The molecule has 2 aliphatic heterocycles. The van der Waals surface area contributed by atoms with Gasteiger partial charge in [0.15, 0.2) is 0 Å². The molecule has 3 aromatic rings. The number of aromatic nitrogens is 1. The van der Waals surface area contributed by atoms with Gasteiger partial charge in [-0.3, -0.25) is 9.69 Å². The lowest BCUT2D eigenvalue weighted by atomic mass is 9.99. The fourth-order valence-corrected chi connectivity index (χ4v) is 5.49. The molecule has 1 saturated heterocycles. The van der Waals surface area contributed by atoms with Crippen LogP contribution in [0.2, 0.25) is 0 Å². The molecule has 244 valence electrons. The number of piperazine rings is 1. The molecule has 0 spiro atoms. The molecule has 0 saturated carbocycles. The van der Waals surface area contributed by atoms with Crippen molar-refractivity contribution in [3.63, 3.8) is 0 Å². The van der Waals surface area contributed by atoms with Crippen molar-refractivity contribution in [2.45, 2.75) is 31.5 Å². The van der Waals surface area contributed by atoms with Gasteiger partial charge < -0.3 is 24.6 Å². The van der Waals surface area contributed by atoms with Crippen LogP contribution in [-0.4, -0.2) is 89.5 Å². The first-order valence-electron chi connectivity index (χ1n) is 13.9. The van der Waals surface area contributed by atoms with E-state index in [-0.39, 0.29) is 17.7 Å². The minimum atomic E-state index is -5.08. The van der Waals surface area contributed by atoms with Crippen molar-refractivity contribution in [2.24, 2.45) is 0 Å². The third-order valence-corrected chi connectivity index (χ3v) is 7.64. The van der Waals surface area contributed by atoms with Crippen LogP contribution in [-0.2, 0) is 11.3 Å². The molecule has 1 aromatic heterocycles. The first-order valence-corrected chi connectivity index (χ1v) is 14.5. The van der Waals surface area contributed by atoms with Crippen LogP contribution in [0.25, 0.3) is 22.4 Å². The molecule has 1 amide bonds. The van der Waals surface area contributed by atoms with Crippen LogP contribution < -0.4 is 10.1 Å². The van der Waals surface area contributed by atoms with Gasteiger partial charge in [0.05, 0.1) is 11.7 Å². The Labute approximate surface area is 260 Å². The van der Waals surface area contributed by atoms with Crippen LogP contribution in [0.5, 0.6) is 5.75 Å². The summed E-state index contributed by atoms with van der Waals surface area (Å²) in [6.07, 6.45) is -9.25. The molecule has 1 unspecified atom stereocenters. The number of fused-ring (bicyclic) bond motifs is 1. The Bertz CT molecular complexity index is 1490. The van der Waals surface area contributed by atoms with Gasteiger partial charge in [-0.2, -0.15) is 13.2 Å². The summed E-state index contributed by atoms with van der Waals surface area (Å²) in [5.41, 5.74) is 4.49. The number of nitrogens with zero attached hydrogens (tertiary/aromatic N) is 3. The summed E-state index contributed by atoms with van der Waals surface area (Å²) in [5.74, 6) is -2.88. The highest BCUT2D eigenvalue weighted by Crippen LogP contribution is 2.41. The molecule has 5 rings (SSSR count). The lowest BCUT2D eigenvalue weighted by Crippen LogP contribution is -2.43. The lowest BCUT2D eigenvalue weighted by Gasteiger charge is -2.32. The average molecular weight is 661 g/mol. The summed E-state index contributed by atoms with van der Waals surface area (Å²) in [6, 6.07) is 15.8. The number of ether oxygens (including phenoxy) is 1. The second-order valence-corrected chi connectivity index (χ2v) is 11.0. The SMILES string of the molecule is CN1CCN(Cc2ccc(-c3c(-c4cccc(OC(F)(F)F)c4)cc4n3C(CCCl)CNC4=O)cc2)CC1.O=C(O)C(F)(F)F. The molecular weight excluding hydrogens is 630 g/mol. The van der Waals surface area contributed by atoms with Crippen molar-refractivity contribution in [3.05, 3.63) is 65.9 Å². The number of carbonyl (C=O) groups excluding carboxylic acids is 1. The van der Waals surface area contributed by atoms with Crippen molar-refractivity contribution in [1.29, 1.82) is 0 Å². The normalized spacial score (nSPS) is 17.6. The summed E-state index contributed by atoms with van der Waals surface area (Å²) < 4.78 is 76.7. The zero-order chi connectivity index (χ0) is 32.9. The average Bonchev–Trinajstić information content (AvgIpc) is 3.37. The summed E-state index contributed by atoms with van der Waals surface area (Å²) in [4.78, 5) is 26.5. The zero-order valence-electron chi connectivity index (χ0n) is 24.1. The van der Waals surface area contributed by atoms with Crippen LogP contribution in [0.1, 0.15) is 28.5 Å². The zero-order valence-corrected chi connectivity index (χ0v) is 24.8. The number of hydrogen-bond acceptors (Lipinski definition) is 5. The predicted molar refractivity (Wildman–Crippen MR) is 155 cm³/mol. The van der Waals surface area contributed by atoms with Gasteiger partial charge in [-0.1, -0.05) is 36.4 Å². The van der Waals surface area contributed by atoms with E-state index in [0.29, 0.717) is 35.7 Å². The fourth-order valence-electron chi connectivity index (χ4n) is 5.24. The molecule has 45 heavy (non-hydrogen) atoms. The van der Waals surface area contributed by atoms with Gasteiger partial charge in [0.25, 0.3) is 5.91 Å². The molecule has 0 radical (unpaired) electrons. The van der Waals surface area contributed by atoms with E-state index in [9.17, 15) is 31.1 Å². The molecule has 2 aliphatic rings. The van der Waals surface area contributed by atoms with E-state index in [0.717, 1.165) is 44.0 Å². The summed E-state index contributed by atoms with van der Waals surface area (Å²) >= 11 is 6.11. The maximum absolute atomic E-state index is 12.9. The van der Waals surface area contributed by atoms with Gasteiger partial charge in [-0.25, -0.2) is 4.79 Å². The summed E-state index contributed by atoms with van der Waals surface area (Å²) in [5, 5.41) is 10.0. The number of hydrogen-bond donors (Lipinski definition) is 2. The Morgan fingerprint density at radius 1 is 1.00 bits per heavy atom. The highest BCUT2D eigenvalue weighted by atomic mass is 35.5. The number of halogens is 7. The molecular formula is C30H31ClF6N4O4. The molecule has 3 heterocycles. The Hall–Kier alpha value is -3.75. The van der Waals surface area contributed by atoms with E-state index in [1.807, 2.05) is 16.7 Å². The van der Waals surface area contributed by atoms with Gasteiger partial charge in [0.2, 0.25) is 0 Å². The summed E-state index contributed by atoms with van der Waals surface area (Å²) in [6.45, 7) is 5.39. The molecule has 8 nitrogen and oxygen atoms in total. The van der Waals surface area contributed by atoms with Gasteiger partial charge in [0, 0.05) is 50.7 Å². The first-order chi connectivity index (χ1) is 21.2. The standard InChI is InChI=1S/C28H30ClF3N4O2.C2HF3O2/c1-34-11-13-35(14-12-34)18-19-5-7-20(8-6-19)26-24(21-3-2-4-23(15-21)38-28(30,31)32)16-25-27(37)33-17-22(9-10-29)36(25)26;3-2(4,5)1(6)7/h2-8,15-16,22H,9-14,17-18H2,1H3,(H,33,37);(H,6,7). The van der Waals surface area contributed by atoms with Crippen LogP contribution in [0, 0.1) is 0 Å². The molecule has 2 aromatic carbocycles. The number of carboxylic acids is 1. The van der Waals surface area contributed by atoms with E-state index in [1.54, 1.807) is 12.1 Å². The quantitative estimate of drug-likeness (QED) is 0.238. The third kappa shape index (κ3) is 8.92. The Kier molecular flexibility index (Phi) is 10.7. The number of alkyl halides is 7. The number of carboxylic acid groups (broad SMARTS) is 1. The van der Waals surface area contributed by atoms with Crippen LogP contribution in [0.3, 0.4) is 0 Å². The molecule has 1 fully saturated rings. The van der Waals surface area contributed by atoms with Gasteiger partial charge in [0.1, 0.15) is 11.4 Å². The Balaban J connectivity index is 0.000000591. The highest BCUT2D eigenvalue weighted by molar-refractivity contribution is 6.17. The Morgan fingerprint density at radius 3 is 2.22 bits per heavy atom. The minimum absolute atomic E-state index is 0.0800. The van der Waals surface area contributed by atoms with Gasteiger partial charge >= 0.3 is 18.5 Å². The number of carbonyl (C=O) groups is 2. The van der Waals surface area contributed by atoms with Crippen molar-refractivity contribution in [3.8, 4) is 28.1 Å². The number of nitrogens with one attached hydrogen (secondary N) is 1. The highest BCUT2D eigenvalue weighted by Gasteiger charge is 2.38. The maximum Gasteiger partial charge on any atom is 0.573 e. The van der Waals surface area contributed by atoms with Crippen LogP contribution >= 0.6 is 11.6 Å². The number of benzene rings is 2. The van der Waals surface area contributed by atoms with Gasteiger partial charge in [-0.05, 0) is 48.4 Å². The van der Waals surface area contributed by atoms with Crippen molar-refractivity contribution >= 4 is 23.5 Å². The largest absolute Gasteiger partial charge is 0.573 e. The minimum Gasteiger partial charge on any atom is -0.475 e. The lowest BCUT2D eigenvalue weighted by molar-refractivity contribution is -0.274. The third-order valence-electron chi connectivity index (χ3n) is 7.43. The van der Waals surface area contributed by atoms with E-state index < -0.39 is 18.5 Å². The molecule has 2 N–H and O–H groups in total. The predicted octanol–water partition coefficient (Wildman–Crippen LogP) is 6.01. The van der Waals surface area contributed by atoms with E-state index >= 15 is 0 Å². The number of likely N-dealkylation sites (N-methyl/N-ethyl adjacent to an activating group) is 1. The monoisotopic (exact) mass is 660 g/mol. The van der Waals surface area contributed by atoms with Crippen molar-refractivity contribution in [1.82, 2.24) is 19.7 Å². The molecule has 0 bridgehead atoms. The smallest absolute Gasteiger partial charge is 0.475 e. The number of aliphatic carboxylic acids is 1. The van der Waals surface area contributed by atoms with Crippen molar-refractivity contribution in [2.75, 3.05) is 45.7 Å².